The van der Waals surface area contributed by atoms with Crippen LogP contribution in [0.3, 0.4) is 0 Å². The lowest BCUT2D eigenvalue weighted by atomic mass is 9.98. The molecule has 0 saturated heterocycles. The third-order valence-electron chi connectivity index (χ3n) is 3.00. The molecule has 0 aliphatic carbocycles. The molecule has 0 atom stereocenters. The fraction of sp³-hybridized carbons (Fsp3) is 0.200. The molecule has 0 amide bonds. The second kappa shape index (κ2) is 4.91. The van der Waals surface area contributed by atoms with E-state index < -0.39 is 0 Å². The molecule has 0 radical (unpaired) electrons. The number of aromatic hydroxyl groups is 1. The van der Waals surface area contributed by atoms with Crippen molar-refractivity contribution in [3.05, 3.63) is 46.5 Å². The first-order valence-electron chi connectivity index (χ1n) is 5.67. The molecule has 18 heavy (non-hydrogen) atoms. The zero-order chi connectivity index (χ0) is 13.3. The van der Waals surface area contributed by atoms with E-state index in [4.69, 9.17) is 16.3 Å². The summed E-state index contributed by atoms with van der Waals surface area (Å²) in [5.74, 6) is 0.976. The summed E-state index contributed by atoms with van der Waals surface area (Å²) < 4.78 is 5.29. The summed E-state index contributed by atoms with van der Waals surface area (Å²) in [6.07, 6.45) is 0. The van der Waals surface area contributed by atoms with E-state index in [0.29, 0.717) is 5.02 Å². The second-order valence-corrected chi connectivity index (χ2v) is 4.71. The van der Waals surface area contributed by atoms with Gasteiger partial charge in [0.2, 0.25) is 0 Å². The van der Waals surface area contributed by atoms with Crippen molar-refractivity contribution < 1.29 is 9.84 Å². The van der Waals surface area contributed by atoms with Gasteiger partial charge in [-0.2, -0.15) is 0 Å². The van der Waals surface area contributed by atoms with E-state index in [1.807, 2.05) is 26.0 Å². The van der Waals surface area contributed by atoms with Crippen LogP contribution in [0, 0.1) is 13.8 Å². The van der Waals surface area contributed by atoms with Crippen LogP contribution in [0.2, 0.25) is 5.02 Å². The standard InChI is InChI=1S/C15H15ClO2/c1-9-7-15(18-3)10(2)6-12(9)11-4-5-14(17)13(16)8-11/h4-8,17H,1-3H3. The Morgan fingerprint density at radius 1 is 1.06 bits per heavy atom. The molecule has 0 bridgehead atoms. The van der Waals surface area contributed by atoms with E-state index >= 15 is 0 Å². The van der Waals surface area contributed by atoms with Gasteiger partial charge in [-0.3, -0.25) is 0 Å². The van der Waals surface area contributed by atoms with Crippen LogP contribution >= 0.6 is 11.6 Å². The molecular weight excluding hydrogens is 248 g/mol. The molecule has 0 fully saturated rings. The van der Waals surface area contributed by atoms with Gasteiger partial charge in [0.25, 0.3) is 0 Å². The average molecular weight is 263 g/mol. The fourth-order valence-electron chi connectivity index (χ4n) is 2.00. The van der Waals surface area contributed by atoms with Crippen LogP contribution < -0.4 is 4.74 Å². The van der Waals surface area contributed by atoms with Crippen molar-refractivity contribution in [2.75, 3.05) is 7.11 Å². The first-order chi connectivity index (χ1) is 8.52. The Morgan fingerprint density at radius 3 is 2.39 bits per heavy atom. The normalized spacial score (nSPS) is 10.4. The molecule has 0 saturated carbocycles. The topological polar surface area (TPSA) is 29.5 Å². The smallest absolute Gasteiger partial charge is 0.134 e. The monoisotopic (exact) mass is 262 g/mol. The lowest BCUT2D eigenvalue weighted by Gasteiger charge is -2.12. The van der Waals surface area contributed by atoms with Gasteiger partial charge in [-0.15, -0.1) is 0 Å². The summed E-state index contributed by atoms with van der Waals surface area (Å²) in [5, 5.41) is 9.81. The minimum absolute atomic E-state index is 0.100. The van der Waals surface area contributed by atoms with Crippen molar-refractivity contribution in [1.82, 2.24) is 0 Å². The largest absolute Gasteiger partial charge is 0.506 e. The Balaban J connectivity index is 2.57. The van der Waals surface area contributed by atoms with Crippen LogP contribution in [0.5, 0.6) is 11.5 Å². The number of halogens is 1. The molecule has 2 aromatic carbocycles. The summed E-state index contributed by atoms with van der Waals surface area (Å²) >= 11 is 5.94. The second-order valence-electron chi connectivity index (χ2n) is 4.30. The lowest BCUT2D eigenvalue weighted by molar-refractivity contribution is 0.411. The van der Waals surface area contributed by atoms with Crippen molar-refractivity contribution in [2.24, 2.45) is 0 Å². The van der Waals surface area contributed by atoms with Crippen LogP contribution in [-0.4, -0.2) is 12.2 Å². The minimum atomic E-state index is 0.100. The highest BCUT2D eigenvalue weighted by molar-refractivity contribution is 6.32. The fourth-order valence-corrected chi connectivity index (χ4v) is 2.18. The molecule has 0 aliphatic heterocycles. The van der Waals surface area contributed by atoms with Crippen LogP contribution in [0.4, 0.5) is 0 Å². The van der Waals surface area contributed by atoms with Crippen molar-refractivity contribution in [1.29, 1.82) is 0 Å². The van der Waals surface area contributed by atoms with Crippen molar-refractivity contribution in [2.45, 2.75) is 13.8 Å². The highest BCUT2D eigenvalue weighted by Crippen LogP contribution is 2.33. The summed E-state index contributed by atoms with van der Waals surface area (Å²) in [6.45, 7) is 4.03. The molecule has 2 rings (SSSR count). The van der Waals surface area contributed by atoms with Gasteiger partial charge < -0.3 is 9.84 Å². The molecule has 0 spiro atoms. The zero-order valence-electron chi connectivity index (χ0n) is 10.6. The molecule has 2 nitrogen and oxygen atoms in total. The van der Waals surface area contributed by atoms with Gasteiger partial charge in [-0.1, -0.05) is 17.7 Å². The van der Waals surface area contributed by atoms with Gasteiger partial charge >= 0.3 is 0 Å². The number of rotatable bonds is 2. The molecule has 94 valence electrons. The maximum Gasteiger partial charge on any atom is 0.134 e. The molecule has 2 aromatic rings. The van der Waals surface area contributed by atoms with E-state index in [1.165, 1.54) is 0 Å². The lowest BCUT2D eigenvalue weighted by Crippen LogP contribution is -1.91. The Morgan fingerprint density at radius 2 is 1.78 bits per heavy atom. The maximum absolute atomic E-state index is 9.44. The highest BCUT2D eigenvalue weighted by Gasteiger charge is 2.08. The van der Waals surface area contributed by atoms with E-state index in [1.54, 1.807) is 19.2 Å². The number of aryl methyl sites for hydroxylation is 2. The van der Waals surface area contributed by atoms with Crippen molar-refractivity contribution in [3.8, 4) is 22.6 Å². The van der Waals surface area contributed by atoms with Crippen molar-refractivity contribution in [3.63, 3.8) is 0 Å². The Bertz CT molecular complexity index is 591. The minimum Gasteiger partial charge on any atom is -0.506 e. The number of benzene rings is 2. The SMILES string of the molecule is COc1cc(C)c(-c2ccc(O)c(Cl)c2)cc1C. The third kappa shape index (κ3) is 2.29. The van der Waals surface area contributed by atoms with Crippen LogP contribution in [0.15, 0.2) is 30.3 Å². The van der Waals surface area contributed by atoms with E-state index in [0.717, 1.165) is 28.0 Å². The number of methoxy groups -OCH3 is 1. The molecule has 0 heterocycles. The van der Waals surface area contributed by atoms with E-state index in [-0.39, 0.29) is 5.75 Å². The first kappa shape index (κ1) is 12.8. The van der Waals surface area contributed by atoms with E-state index in [9.17, 15) is 5.11 Å². The maximum atomic E-state index is 9.44. The van der Waals surface area contributed by atoms with Crippen molar-refractivity contribution >= 4 is 11.6 Å². The molecule has 3 heteroatoms. The van der Waals surface area contributed by atoms with E-state index in [2.05, 4.69) is 6.07 Å². The number of phenolic OH excluding ortho intramolecular Hbond substituents is 1. The van der Waals surface area contributed by atoms with Crippen LogP contribution in [-0.2, 0) is 0 Å². The highest BCUT2D eigenvalue weighted by atomic mass is 35.5. The number of phenols is 1. The quantitative estimate of drug-likeness (QED) is 0.872. The Hall–Kier alpha value is -1.67. The molecule has 1 N–H and O–H groups in total. The van der Waals surface area contributed by atoms with Gasteiger partial charge in [0.1, 0.15) is 11.5 Å². The molecule has 0 aliphatic rings. The summed E-state index contributed by atoms with van der Waals surface area (Å²) in [7, 11) is 1.67. The van der Waals surface area contributed by atoms with Crippen LogP contribution in [0.25, 0.3) is 11.1 Å². The number of ether oxygens (including phenoxy) is 1. The number of hydrogen-bond donors (Lipinski definition) is 1. The number of hydrogen-bond acceptors (Lipinski definition) is 2. The van der Waals surface area contributed by atoms with Gasteiger partial charge in [0.05, 0.1) is 12.1 Å². The molecular formula is C15H15ClO2. The Labute approximate surface area is 112 Å². The summed E-state index contributed by atoms with van der Waals surface area (Å²) in [5.41, 5.74) is 4.26. The predicted octanol–water partition coefficient (Wildman–Crippen LogP) is 4.34. The van der Waals surface area contributed by atoms with Gasteiger partial charge in [0, 0.05) is 0 Å². The van der Waals surface area contributed by atoms with Gasteiger partial charge in [-0.05, 0) is 60.4 Å². The molecule has 0 aromatic heterocycles. The summed E-state index contributed by atoms with van der Waals surface area (Å²) in [4.78, 5) is 0. The Kier molecular flexibility index (Phi) is 3.48. The van der Waals surface area contributed by atoms with Crippen LogP contribution in [0.1, 0.15) is 11.1 Å². The predicted molar refractivity (Wildman–Crippen MR) is 74.6 cm³/mol. The first-order valence-corrected chi connectivity index (χ1v) is 6.05. The average Bonchev–Trinajstić information content (AvgIpc) is 2.35. The summed E-state index contributed by atoms with van der Waals surface area (Å²) in [6, 6.07) is 9.31. The van der Waals surface area contributed by atoms with Gasteiger partial charge in [-0.25, -0.2) is 0 Å². The third-order valence-corrected chi connectivity index (χ3v) is 3.30. The molecule has 0 unspecified atom stereocenters. The van der Waals surface area contributed by atoms with Gasteiger partial charge in [0.15, 0.2) is 0 Å². The zero-order valence-corrected chi connectivity index (χ0v) is 11.4.